The van der Waals surface area contributed by atoms with E-state index in [1.54, 1.807) is 13.2 Å². The Balaban J connectivity index is 2.61. The zero-order valence-electron chi connectivity index (χ0n) is 9.25. The third-order valence-corrected chi connectivity index (χ3v) is 3.10. The van der Waals surface area contributed by atoms with Gasteiger partial charge >= 0.3 is 0 Å². The van der Waals surface area contributed by atoms with Gasteiger partial charge in [0.2, 0.25) is 0 Å². The number of carbonyl (C=O) groups excluding carboxylic acids is 1. The smallest absolute Gasteiger partial charge is 0.182 e. The van der Waals surface area contributed by atoms with Crippen molar-refractivity contribution in [3.63, 3.8) is 0 Å². The normalized spacial score (nSPS) is 13.7. The van der Waals surface area contributed by atoms with Gasteiger partial charge in [0.1, 0.15) is 9.84 Å². The van der Waals surface area contributed by atoms with Crippen molar-refractivity contribution in [3.8, 4) is 0 Å². The Morgan fingerprint density at radius 3 is 2.69 bits per heavy atom. The molecule has 90 valence electrons. The second-order valence-corrected chi connectivity index (χ2v) is 6.05. The van der Waals surface area contributed by atoms with Crippen LogP contribution in [0.4, 0.5) is 0 Å². The summed E-state index contributed by atoms with van der Waals surface area (Å²) in [5.41, 5.74) is 6.02. The largest absolute Gasteiger partial charge is 0.321 e. The van der Waals surface area contributed by atoms with Gasteiger partial charge in [-0.05, 0) is 6.42 Å². The molecule has 0 saturated carbocycles. The number of aryl methyl sites for hydroxylation is 1. The molecule has 1 rings (SSSR count). The fraction of sp³-hybridized carbons (Fsp3) is 0.556. The molecule has 0 aromatic carbocycles. The highest BCUT2D eigenvalue weighted by atomic mass is 32.2. The number of sulfone groups is 1. The summed E-state index contributed by atoms with van der Waals surface area (Å²) in [6.07, 6.45) is 4.23. The van der Waals surface area contributed by atoms with Gasteiger partial charge in [0.15, 0.2) is 5.78 Å². The Bertz CT molecular complexity index is 478. The average Bonchev–Trinajstić information content (AvgIpc) is 2.59. The van der Waals surface area contributed by atoms with E-state index in [0.29, 0.717) is 5.56 Å². The molecule has 0 aliphatic rings. The molecule has 1 atom stereocenters. The Hall–Kier alpha value is -1.21. The van der Waals surface area contributed by atoms with Gasteiger partial charge in [0, 0.05) is 19.5 Å². The molecule has 0 aliphatic carbocycles. The van der Waals surface area contributed by atoms with Crippen molar-refractivity contribution in [2.75, 3.05) is 12.0 Å². The summed E-state index contributed by atoms with van der Waals surface area (Å²) in [6, 6.07) is -0.793. The second kappa shape index (κ2) is 4.75. The lowest BCUT2D eigenvalue weighted by Crippen LogP contribution is -2.32. The first-order valence-corrected chi connectivity index (χ1v) is 6.82. The minimum atomic E-state index is -3.08. The molecule has 1 aromatic heterocycles. The Kier molecular flexibility index (Phi) is 3.82. The van der Waals surface area contributed by atoms with E-state index in [2.05, 4.69) is 5.10 Å². The summed E-state index contributed by atoms with van der Waals surface area (Å²) in [7, 11) is -1.39. The summed E-state index contributed by atoms with van der Waals surface area (Å²) in [4.78, 5) is 11.7. The van der Waals surface area contributed by atoms with E-state index in [-0.39, 0.29) is 18.0 Å². The number of hydrogen-bond acceptors (Lipinski definition) is 5. The van der Waals surface area contributed by atoms with Crippen LogP contribution in [0.1, 0.15) is 16.8 Å². The van der Waals surface area contributed by atoms with Crippen LogP contribution in [0.25, 0.3) is 0 Å². The van der Waals surface area contributed by atoms with Gasteiger partial charge < -0.3 is 5.73 Å². The number of aromatic nitrogens is 2. The molecule has 1 aromatic rings. The maximum absolute atomic E-state index is 11.7. The molecule has 1 heterocycles. The number of rotatable bonds is 5. The number of ketones is 1. The summed E-state index contributed by atoms with van der Waals surface area (Å²) in [5, 5.41) is 3.85. The topological polar surface area (TPSA) is 95.0 Å². The van der Waals surface area contributed by atoms with Crippen LogP contribution in [-0.4, -0.2) is 42.0 Å². The van der Waals surface area contributed by atoms with Crippen LogP contribution in [0.5, 0.6) is 0 Å². The maximum atomic E-state index is 11.7. The van der Waals surface area contributed by atoms with E-state index >= 15 is 0 Å². The van der Waals surface area contributed by atoms with Crippen molar-refractivity contribution in [1.82, 2.24) is 9.78 Å². The van der Waals surface area contributed by atoms with Crippen molar-refractivity contribution in [2.24, 2.45) is 12.8 Å². The quantitative estimate of drug-likeness (QED) is 0.696. The van der Waals surface area contributed by atoms with Crippen LogP contribution in [0.2, 0.25) is 0 Å². The number of hydrogen-bond donors (Lipinski definition) is 1. The fourth-order valence-corrected chi connectivity index (χ4v) is 1.92. The van der Waals surface area contributed by atoms with E-state index in [9.17, 15) is 13.2 Å². The standard InChI is InChI=1S/C9H15N3O3S/c1-12-6-7(5-11-12)9(13)8(10)3-4-16(2,14)15/h5-6,8H,3-4,10H2,1-2H3. The van der Waals surface area contributed by atoms with Gasteiger partial charge in [-0.25, -0.2) is 8.42 Å². The van der Waals surface area contributed by atoms with Crippen LogP contribution in [0.15, 0.2) is 12.4 Å². The molecule has 7 heteroatoms. The summed E-state index contributed by atoms with van der Waals surface area (Å²) >= 11 is 0. The molecule has 0 spiro atoms. The monoisotopic (exact) mass is 245 g/mol. The molecule has 1 unspecified atom stereocenters. The highest BCUT2D eigenvalue weighted by molar-refractivity contribution is 7.90. The van der Waals surface area contributed by atoms with E-state index in [0.717, 1.165) is 6.26 Å². The molecule has 0 saturated heterocycles. The summed E-state index contributed by atoms with van der Waals surface area (Å²) in [5.74, 6) is -0.364. The first-order valence-electron chi connectivity index (χ1n) is 4.76. The Morgan fingerprint density at radius 1 is 1.62 bits per heavy atom. The lowest BCUT2D eigenvalue weighted by molar-refractivity contribution is 0.0959. The summed E-state index contributed by atoms with van der Waals surface area (Å²) < 4.78 is 23.3. The number of carbonyl (C=O) groups is 1. The SMILES string of the molecule is Cn1cc(C(=O)C(N)CCS(C)(=O)=O)cn1. The highest BCUT2D eigenvalue weighted by Crippen LogP contribution is 2.04. The van der Waals surface area contributed by atoms with Crippen LogP contribution in [-0.2, 0) is 16.9 Å². The van der Waals surface area contributed by atoms with Crippen molar-refractivity contribution in [3.05, 3.63) is 18.0 Å². The number of nitrogens with zero attached hydrogens (tertiary/aromatic N) is 2. The van der Waals surface area contributed by atoms with Crippen LogP contribution >= 0.6 is 0 Å². The van der Waals surface area contributed by atoms with Crippen LogP contribution in [0.3, 0.4) is 0 Å². The Morgan fingerprint density at radius 2 is 2.25 bits per heavy atom. The average molecular weight is 245 g/mol. The molecule has 16 heavy (non-hydrogen) atoms. The predicted molar refractivity (Wildman–Crippen MR) is 59.8 cm³/mol. The molecular weight excluding hydrogens is 230 g/mol. The minimum Gasteiger partial charge on any atom is -0.321 e. The van der Waals surface area contributed by atoms with E-state index in [1.165, 1.54) is 10.9 Å². The summed E-state index contributed by atoms with van der Waals surface area (Å²) in [6.45, 7) is 0. The number of nitrogens with two attached hydrogens (primary N) is 1. The zero-order chi connectivity index (χ0) is 12.3. The van der Waals surface area contributed by atoms with Gasteiger partial charge in [-0.1, -0.05) is 0 Å². The maximum Gasteiger partial charge on any atom is 0.182 e. The van der Waals surface area contributed by atoms with Gasteiger partial charge in [0.25, 0.3) is 0 Å². The van der Waals surface area contributed by atoms with Gasteiger partial charge in [-0.15, -0.1) is 0 Å². The van der Waals surface area contributed by atoms with Crippen LogP contribution < -0.4 is 5.73 Å². The molecule has 2 N–H and O–H groups in total. The van der Waals surface area contributed by atoms with Crippen molar-refractivity contribution >= 4 is 15.6 Å². The third kappa shape index (κ3) is 3.74. The van der Waals surface area contributed by atoms with E-state index < -0.39 is 15.9 Å². The molecule has 0 fully saturated rings. The Labute approximate surface area is 94.4 Å². The van der Waals surface area contributed by atoms with Gasteiger partial charge in [-0.3, -0.25) is 9.48 Å². The predicted octanol–water partition coefficient (Wildman–Crippen LogP) is -0.635. The molecular formula is C9H15N3O3S. The first kappa shape index (κ1) is 12.9. The van der Waals surface area contributed by atoms with E-state index in [1.807, 2.05) is 0 Å². The van der Waals surface area contributed by atoms with Crippen molar-refractivity contribution in [1.29, 1.82) is 0 Å². The molecule has 0 aliphatic heterocycles. The molecule has 0 radical (unpaired) electrons. The lowest BCUT2D eigenvalue weighted by atomic mass is 10.1. The highest BCUT2D eigenvalue weighted by Gasteiger charge is 2.18. The lowest BCUT2D eigenvalue weighted by Gasteiger charge is -2.07. The molecule has 6 nitrogen and oxygen atoms in total. The second-order valence-electron chi connectivity index (χ2n) is 3.79. The molecule has 0 bridgehead atoms. The number of Topliss-reactive ketones (excluding diaryl/α,β-unsaturated/α-hetero) is 1. The fourth-order valence-electron chi connectivity index (χ4n) is 1.23. The minimum absolute atomic E-state index is 0.0832. The van der Waals surface area contributed by atoms with Crippen molar-refractivity contribution in [2.45, 2.75) is 12.5 Å². The van der Waals surface area contributed by atoms with Gasteiger partial charge in [-0.2, -0.15) is 5.10 Å². The van der Waals surface area contributed by atoms with E-state index in [4.69, 9.17) is 5.73 Å². The van der Waals surface area contributed by atoms with Gasteiger partial charge in [0.05, 0.1) is 23.6 Å². The van der Waals surface area contributed by atoms with Crippen molar-refractivity contribution < 1.29 is 13.2 Å². The first-order chi connectivity index (χ1) is 7.29. The van der Waals surface area contributed by atoms with Crippen LogP contribution in [0, 0.1) is 0 Å². The zero-order valence-corrected chi connectivity index (χ0v) is 10.1. The molecule has 0 amide bonds. The third-order valence-electron chi connectivity index (χ3n) is 2.13.